The van der Waals surface area contributed by atoms with Crippen LogP contribution < -0.4 is 9.47 Å². The molecule has 2 aliphatic heterocycles. The zero-order valence-corrected chi connectivity index (χ0v) is 20.7. The van der Waals surface area contributed by atoms with E-state index in [9.17, 15) is 40.5 Å². The summed E-state index contributed by atoms with van der Waals surface area (Å²) in [4.78, 5) is 13.0. The molecule has 0 spiro atoms. The molecule has 3 unspecified atom stereocenters. The molecule has 39 heavy (non-hydrogen) atoms. The maximum Gasteiger partial charge on any atom is 0.338 e. The second-order valence-electron chi connectivity index (χ2n) is 9.38. The van der Waals surface area contributed by atoms with Crippen molar-refractivity contribution in [1.82, 2.24) is 0 Å². The van der Waals surface area contributed by atoms with E-state index in [-0.39, 0.29) is 35.2 Å². The van der Waals surface area contributed by atoms with E-state index in [1.807, 2.05) is 19.1 Å². The third-order valence-electron chi connectivity index (χ3n) is 6.66. The Bertz CT molecular complexity index is 1450. The predicted molar refractivity (Wildman–Crippen MR) is 136 cm³/mol. The minimum atomic E-state index is -1.16. The van der Waals surface area contributed by atoms with Crippen LogP contribution in [0.25, 0.3) is 6.08 Å². The van der Waals surface area contributed by atoms with Crippen LogP contribution in [0.2, 0.25) is 0 Å². The average molecular weight is 539 g/mol. The zero-order chi connectivity index (χ0) is 28.0. The average Bonchev–Trinajstić information content (AvgIpc) is 2.89. The highest BCUT2D eigenvalue weighted by Crippen LogP contribution is 2.50. The highest BCUT2D eigenvalue weighted by Gasteiger charge is 2.39. The first-order chi connectivity index (χ1) is 18.6. The summed E-state index contributed by atoms with van der Waals surface area (Å²) in [6.07, 6.45) is 2.78. The molecule has 7 N–H and O–H groups in total. The molecule has 2 heterocycles. The van der Waals surface area contributed by atoms with Crippen molar-refractivity contribution < 1.29 is 54.8 Å². The van der Waals surface area contributed by atoms with Crippen molar-refractivity contribution in [1.29, 1.82) is 0 Å². The number of phenolic OH excluding ortho intramolecular Hbond substituents is 7. The molecular formula is C28H26O11. The van der Waals surface area contributed by atoms with Crippen LogP contribution in [0.3, 0.4) is 0 Å². The van der Waals surface area contributed by atoms with Gasteiger partial charge in [-0.3, -0.25) is 0 Å². The number of benzene rings is 3. The smallest absolute Gasteiger partial charge is 0.338 e. The quantitative estimate of drug-likeness (QED) is 0.183. The molecule has 11 heteroatoms. The molecular weight excluding hydrogens is 512 g/mol. The molecule has 5 rings (SSSR count). The van der Waals surface area contributed by atoms with E-state index in [1.54, 1.807) is 0 Å². The van der Waals surface area contributed by atoms with E-state index in [0.717, 1.165) is 37.1 Å². The number of carbonyl (C=O) groups is 1. The third kappa shape index (κ3) is 4.63. The van der Waals surface area contributed by atoms with Crippen molar-refractivity contribution in [3.63, 3.8) is 0 Å². The molecule has 3 aromatic carbocycles. The maximum atomic E-state index is 13.0. The Morgan fingerprint density at radius 2 is 1.49 bits per heavy atom. The number of esters is 1. The van der Waals surface area contributed by atoms with Gasteiger partial charge in [0.05, 0.1) is 11.1 Å². The normalized spacial score (nSPS) is 19.4. The first-order valence-electron chi connectivity index (χ1n) is 12.2. The van der Waals surface area contributed by atoms with Crippen LogP contribution in [-0.4, -0.2) is 53.9 Å². The molecule has 0 fully saturated rings. The summed E-state index contributed by atoms with van der Waals surface area (Å²) in [5.41, 5.74) is 0.722. The fourth-order valence-corrected chi connectivity index (χ4v) is 4.73. The SMILES string of the molecule is CCCC1C=Cc2c(cc(O)c3c2OC(c2cc(O)c(O)c(O)c2)C(OC(=O)c2cc(O)c(O)c(O)c2)C3)O1. The fourth-order valence-electron chi connectivity index (χ4n) is 4.73. The van der Waals surface area contributed by atoms with Crippen LogP contribution in [0.5, 0.6) is 51.7 Å². The summed E-state index contributed by atoms with van der Waals surface area (Å²) in [6.45, 7) is 2.02. The van der Waals surface area contributed by atoms with Crippen LogP contribution in [-0.2, 0) is 11.2 Å². The Hall–Kier alpha value is -4.93. The summed E-state index contributed by atoms with van der Waals surface area (Å²) in [7, 11) is 0. The number of hydrogen-bond acceptors (Lipinski definition) is 11. The van der Waals surface area contributed by atoms with Crippen LogP contribution in [0.1, 0.15) is 52.9 Å². The number of phenols is 7. The van der Waals surface area contributed by atoms with E-state index in [0.29, 0.717) is 16.9 Å². The Kier molecular flexibility index (Phi) is 6.43. The lowest BCUT2D eigenvalue weighted by Gasteiger charge is -2.36. The van der Waals surface area contributed by atoms with Gasteiger partial charge in [-0.05, 0) is 42.8 Å². The summed E-state index contributed by atoms with van der Waals surface area (Å²) in [5, 5.41) is 70.2. The van der Waals surface area contributed by atoms with Gasteiger partial charge < -0.3 is 50.0 Å². The highest BCUT2D eigenvalue weighted by atomic mass is 16.6. The van der Waals surface area contributed by atoms with Gasteiger partial charge in [0, 0.05) is 23.6 Å². The molecule has 0 aromatic heterocycles. The molecule has 2 aliphatic rings. The first-order valence-corrected chi connectivity index (χ1v) is 12.2. The van der Waals surface area contributed by atoms with Gasteiger partial charge in [0.2, 0.25) is 0 Å². The maximum absolute atomic E-state index is 13.0. The number of carbonyl (C=O) groups excluding carboxylic acids is 1. The number of rotatable bonds is 5. The number of ether oxygens (including phenoxy) is 3. The Morgan fingerprint density at radius 1 is 0.872 bits per heavy atom. The van der Waals surface area contributed by atoms with Crippen LogP contribution >= 0.6 is 0 Å². The Morgan fingerprint density at radius 3 is 2.10 bits per heavy atom. The summed E-state index contributed by atoms with van der Waals surface area (Å²) >= 11 is 0. The Labute approximate surface area is 222 Å². The van der Waals surface area contributed by atoms with Crippen molar-refractivity contribution in [3.05, 3.63) is 58.7 Å². The zero-order valence-electron chi connectivity index (χ0n) is 20.7. The van der Waals surface area contributed by atoms with Crippen molar-refractivity contribution in [2.45, 2.75) is 44.5 Å². The van der Waals surface area contributed by atoms with E-state index >= 15 is 0 Å². The predicted octanol–water partition coefficient (Wildman–Crippen LogP) is 4.10. The van der Waals surface area contributed by atoms with Crippen LogP contribution in [0.15, 0.2) is 36.4 Å². The monoisotopic (exact) mass is 538 g/mol. The standard InChI is InChI=1S/C28H26O11/c1-2-3-14-4-5-15-22(37-14)11-17(29)16-10-23(38-28(36)13-8-20(32)25(35)21(33)9-13)26(39-27(15)16)12-6-18(30)24(34)19(31)7-12/h4-9,11,14,23,26,29-35H,2-3,10H2,1H3. The molecule has 11 nitrogen and oxygen atoms in total. The topological polar surface area (TPSA) is 186 Å². The van der Waals surface area contributed by atoms with Gasteiger partial charge in [0.1, 0.15) is 29.5 Å². The molecule has 204 valence electrons. The highest BCUT2D eigenvalue weighted by molar-refractivity contribution is 5.91. The first kappa shape index (κ1) is 25.7. The fraction of sp³-hybridized carbons (Fsp3) is 0.250. The molecule has 0 aliphatic carbocycles. The molecule has 0 amide bonds. The number of fused-ring (bicyclic) bond motifs is 3. The summed E-state index contributed by atoms with van der Waals surface area (Å²) in [6, 6.07) is 5.55. The third-order valence-corrected chi connectivity index (χ3v) is 6.66. The molecule has 0 saturated heterocycles. The van der Waals surface area contributed by atoms with Crippen molar-refractivity contribution in [2.75, 3.05) is 0 Å². The van der Waals surface area contributed by atoms with Gasteiger partial charge in [-0.1, -0.05) is 13.3 Å². The van der Waals surface area contributed by atoms with E-state index in [2.05, 4.69) is 0 Å². The molecule has 3 aromatic rings. The van der Waals surface area contributed by atoms with E-state index < -0.39 is 52.7 Å². The largest absolute Gasteiger partial charge is 0.507 e. The lowest BCUT2D eigenvalue weighted by atomic mass is 9.91. The van der Waals surface area contributed by atoms with Crippen molar-refractivity contribution >= 4 is 12.0 Å². The minimum absolute atomic E-state index is 0.0739. The number of hydrogen-bond donors (Lipinski definition) is 7. The summed E-state index contributed by atoms with van der Waals surface area (Å²) < 4.78 is 17.9. The second kappa shape index (κ2) is 9.75. The van der Waals surface area contributed by atoms with E-state index in [1.165, 1.54) is 6.07 Å². The van der Waals surface area contributed by atoms with Crippen molar-refractivity contribution in [2.24, 2.45) is 0 Å². The molecule has 0 saturated carbocycles. The molecule has 3 atom stereocenters. The van der Waals surface area contributed by atoms with Gasteiger partial charge in [-0.15, -0.1) is 0 Å². The lowest BCUT2D eigenvalue weighted by Crippen LogP contribution is -2.35. The van der Waals surface area contributed by atoms with Crippen LogP contribution in [0.4, 0.5) is 0 Å². The van der Waals surface area contributed by atoms with Gasteiger partial charge in [0.15, 0.2) is 40.6 Å². The van der Waals surface area contributed by atoms with Gasteiger partial charge in [-0.25, -0.2) is 4.79 Å². The van der Waals surface area contributed by atoms with Crippen molar-refractivity contribution in [3.8, 4) is 51.7 Å². The minimum Gasteiger partial charge on any atom is -0.507 e. The second-order valence-corrected chi connectivity index (χ2v) is 9.38. The Balaban J connectivity index is 1.57. The molecule has 0 bridgehead atoms. The lowest BCUT2D eigenvalue weighted by molar-refractivity contribution is -0.0191. The summed E-state index contributed by atoms with van der Waals surface area (Å²) in [5.74, 6) is -4.82. The van der Waals surface area contributed by atoms with Gasteiger partial charge in [0.25, 0.3) is 0 Å². The van der Waals surface area contributed by atoms with Crippen LogP contribution in [0, 0.1) is 0 Å². The molecule has 0 radical (unpaired) electrons. The number of aromatic hydroxyl groups is 7. The van der Waals surface area contributed by atoms with E-state index in [4.69, 9.17) is 14.2 Å². The van der Waals surface area contributed by atoms with Gasteiger partial charge >= 0.3 is 5.97 Å². The van der Waals surface area contributed by atoms with Gasteiger partial charge in [-0.2, -0.15) is 0 Å².